The number of cyclic esters (lactones) is 2. The Morgan fingerprint density at radius 1 is 1.40 bits per heavy atom. The van der Waals surface area contributed by atoms with Crippen LogP contribution in [0.2, 0.25) is 0 Å². The summed E-state index contributed by atoms with van der Waals surface area (Å²) in [6.07, 6.45) is -0.970. The van der Waals surface area contributed by atoms with Crippen molar-refractivity contribution < 1.29 is 18.7 Å². The van der Waals surface area contributed by atoms with Gasteiger partial charge in [-0.2, -0.15) is 4.39 Å². The van der Waals surface area contributed by atoms with Gasteiger partial charge in [0.15, 0.2) is 6.61 Å². The van der Waals surface area contributed by atoms with Crippen molar-refractivity contribution in [2.45, 2.75) is 10.1 Å². The van der Waals surface area contributed by atoms with E-state index in [1.165, 1.54) is 0 Å². The van der Waals surface area contributed by atoms with E-state index >= 15 is 0 Å². The average Bonchev–Trinajstić information content (AvgIpc) is 2.50. The highest BCUT2D eigenvalue weighted by Crippen LogP contribution is 2.39. The van der Waals surface area contributed by atoms with E-state index < -0.39 is 11.3 Å². The van der Waals surface area contributed by atoms with Gasteiger partial charge in [0.05, 0.1) is 0 Å². The second-order valence-electron chi connectivity index (χ2n) is 2.86. The number of hydrogen-bond acceptors (Lipinski definition) is 4. The topological polar surface area (TPSA) is 35.5 Å². The summed E-state index contributed by atoms with van der Waals surface area (Å²) in [5, 5.41) is -2.11. The first-order valence-corrected chi connectivity index (χ1v) is 5.68. The molecule has 80 valence electrons. The number of hydrogen-bond donors (Lipinski definition) is 0. The average molecular weight is 293 g/mol. The molecule has 1 heterocycles. The van der Waals surface area contributed by atoms with Gasteiger partial charge in [-0.05, 0) is 36.0 Å². The summed E-state index contributed by atoms with van der Waals surface area (Å²) >= 11 is 4.08. The van der Waals surface area contributed by atoms with Crippen molar-refractivity contribution in [1.29, 1.82) is 0 Å². The van der Waals surface area contributed by atoms with Gasteiger partial charge in [0, 0.05) is 9.37 Å². The van der Waals surface area contributed by atoms with Gasteiger partial charge in [-0.25, -0.2) is 4.79 Å². The van der Waals surface area contributed by atoms with Crippen LogP contribution in [0.25, 0.3) is 0 Å². The summed E-state index contributed by atoms with van der Waals surface area (Å²) in [5.74, 6) is 0. The van der Waals surface area contributed by atoms with E-state index in [0.29, 0.717) is 4.90 Å². The van der Waals surface area contributed by atoms with Gasteiger partial charge < -0.3 is 9.47 Å². The number of ether oxygens (including phenoxy) is 2. The summed E-state index contributed by atoms with van der Waals surface area (Å²) in [5.41, 5.74) is 0. The lowest BCUT2D eigenvalue weighted by atomic mass is 10.4. The van der Waals surface area contributed by atoms with Gasteiger partial charge >= 0.3 is 11.3 Å². The van der Waals surface area contributed by atoms with Crippen LogP contribution in [0.15, 0.2) is 33.6 Å². The molecule has 3 nitrogen and oxygen atoms in total. The van der Waals surface area contributed by atoms with Crippen LogP contribution in [0.4, 0.5) is 9.18 Å². The predicted molar refractivity (Wildman–Crippen MR) is 56.3 cm³/mol. The maximum absolute atomic E-state index is 13.7. The Hall–Kier alpha value is -0.750. The number of thioether (sulfide) groups is 1. The van der Waals surface area contributed by atoms with E-state index in [1.807, 2.05) is 0 Å². The molecule has 2 rings (SSSR count). The molecule has 1 aliphatic rings. The first-order chi connectivity index (χ1) is 7.07. The molecule has 1 unspecified atom stereocenters. The highest BCUT2D eigenvalue weighted by Gasteiger charge is 2.44. The van der Waals surface area contributed by atoms with Crippen molar-refractivity contribution in [2.75, 3.05) is 6.61 Å². The third kappa shape index (κ3) is 2.63. The third-order valence-electron chi connectivity index (χ3n) is 1.68. The number of carbonyl (C=O) groups is 1. The Morgan fingerprint density at radius 3 is 2.60 bits per heavy atom. The van der Waals surface area contributed by atoms with Crippen molar-refractivity contribution in [3.8, 4) is 0 Å². The van der Waals surface area contributed by atoms with Gasteiger partial charge in [-0.1, -0.05) is 15.9 Å². The minimum absolute atomic E-state index is 0.382. The van der Waals surface area contributed by atoms with Gasteiger partial charge in [-0.15, -0.1) is 0 Å². The molecule has 1 atom stereocenters. The number of halogens is 2. The molecule has 0 N–H and O–H groups in total. The minimum atomic E-state index is -2.11. The fourth-order valence-electron chi connectivity index (χ4n) is 1.06. The van der Waals surface area contributed by atoms with Crippen LogP contribution in [0, 0.1) is 0 Å². The molecule has 0 aromatic heterocycles. The second kappa shape index (κ2) is 4.02. The molecule has 0 saturated carbocycles. The molecule has 15 heavy (non-hydrogen) atoms. The number of benzene rings is 1. The van der Waals surface area contributed by atoms with Crippen molar-refractivity contribution in [3.05, 3.63) is 28.7 Å². The molecule has 0 amide bonds. The van der Waals surface area contributed by atoms with Gasteiger partial charge in [-0.3, -0.25) is 0 Å². The quantitative estimate of drug-likeness (QED) is 0.784. The van der Waals surface area contributed by atoms with E-state index in [-0.39, 0.29) is 6.61 Å². The van der Waals surface area contributed by atoms with Gasteiger partial charge in [0.2, 0.25) is 0 Å². The summed E-state index contributed by atoms with van der Waals surface area (Å²) < 4.78 is 23.4. The highest BCUT2D eigenvalue weighted by atomic mass is 79.9. The molecule has 0 bridgehead atoms. The van der Waals surface area contributed by atoms with E-state index in [1.54, 1.807) is 24.3 Å². The molecule has 1 aromatic rings. The van der Waals surface area contributed by atoms with Crippen molar-refractivity contribution in [2.24, 2.45) is 0 Å². The zero-order valence-corrected chi connectivity index (χ0v) is 9.81. The van der Waals surface area contributed by atoms with E-state index in [2.05, 4.69) is 25.4 Å². The Kier molecular flexibility index (Phi) is 2.88. The van der Waals surface area contributed by atoms with Crippen LogP contribution in [-0.4, -0.2) is 17.9 Å². The van der Waals surface area contributed by atoms with Gasteiger partial charge in [0.25, 0.3) is 0 Å². The molecule has 1 aliphatic heterocycles. The number of alkyl halides is 1. The van der Waals surface area contributed by atoms with Crippen LogP contribution in [0.1, 0.15) is 0 Å². The first kappa shape index (κ1) is 10.8. The van der Waals surface area contributed by atoms with Crippen LogP contribution in [0.3, 0.4) is 0 Å². The molecular formula is C9H6BrFO3S. The Bertz CT molecular complexity index is 383. The molecule has 1 aromatic carbocycles. The summed E-state index contributed by atoms with van der Waals surface area (Å²) in [6, 6.07) is 7.01. The second-order valence-corrected chi connectivity index (χ2v) is 5.06. The fourth-order valence-corrected chi connectivity index (χ4v) is 2.17. The van der Waals surface area contributed by atoms with Crippen molar-refractivity contribution >= 4 is 33.8 Å². The number of rotatable bonds is 2. The predicted octanol–water partition coefficient (Wildman–Crippen LogP) is 3.33. The highest BCUT2D eigenvalue weighted by molar-refractivity contribution is 9.10. The van der Waals surface area contributed by atoms with Crippen LogP contribution in [-0.2, 0) is 9.47 Å². The molecule has 0 aliphatic carbocycles. The lowest BCUT2D eigenvalue weighted by Crippen LogP contribution is -2.20. The molecule has 0 spiro atoms. The van der Waals surface area contributed by atoms with Crippen LogP contribution < -0.4 is 0 Å². The monoisotopic (exact) mass is 292 g/mol. The summed E-state index contributed by atoms with van der Waals surface area (Å²) in [4.78, 5) is 11.3. The van der Waals surface area contributed by atoms with Crippen LogP contribution >= 0.6 is 27.7 Å². The molecule has 1 saturated heterocycles. The van der Waals surface area contributed by atoms with E-state index in [0.717, 1.165) is 16.2 Å². The van der Waals surface area contributed by atoms with Gasteiger partial charge in [0.1, 0.15) is 0 Å². The van der Waals surface area contributed by atoms with Crippen molar-refractivity contribution in [1.82, 2.24) is 0 Å². The molecular weight excluding hydrogens is 287 g/mol. The zero-order valence-electron chi connectivity index (χ0n) is 7.41. The Labute approximate surface area is 98.1 Å². The Morgan fingerprint density at radius 2 is 2.07 bits per heavy atom. The normalized spacial score (nSPS) is 24.8. The fraction of sp³-hybridized carbons (Fsp3) is 0.222. The maximum atomic E-state index is 13.7. The maximum Gasteiger partial charge on any atom is 0.512 e. The minimum Gasteiger partial charge on any atom is -0.426 e. The molecule has 0 radical (unpaired) electrons. The number of carbonyl (C=O) groups excluding carboxylic acids is 1. The first-order valence-electron chi connectivity index (χ1n) is 4.07. The third-order valence-corrected chi connectivity index (χ3v) is 3.22. The smallest absolute Gasteiger partial charge is 0.426 e. The lowest BCUT2D eigenvalue weighted by Gasteiger charge is -2.13. The van der Waals surface area contributed by atoms with Crippen molar-refractivity contribution in [3.63, 3.8) is 0 Å². The molecule has 1 fully saturated rings. The SMILES string of the molecule is O=C1OCC(F)(Sc2ccc(Br)cc2)O1. The van der Waals surface area contributed by atoms with E-state index in [4.69, 9.17) is 0 Å². The lowest BCUT2D eigenvalue weighted by molar-refractivity contribution is 0.0260. The van der Waals surface area contributed by atoms with E-state index in [9.17, 15) is 9.18 Å². The van der Waals surface area contributed by atoms with Crippen LogP contribution in [0.5, 0.6) is 0 Å². The zero-order chi connectivity index (χ0) is 10.9. The Balaban J connectivity index is 2.08. The summed E-state index contributed by atoms with van der Waals surface area (Å²) in [7, 11) is 0. The molecule has 6 heteroatoms. The standard InChI is InChI=1S/C9H6BrFO3S/c10-6-1-3-7(4-2-6)15-9(11)5-13-8(12)14-9/h1-4H,5H2. The summed E-state index contributed by atoms with van der Waals surface area (Å²) in [6.45, 7) is -0.382. The largest absolute Gasteiger partial charge is 0.512 e.